The molecule has 2 heterocycles. The van der Waals surface area contributed by atoms with Gasteiger partial charge in [-0.1, -0.05) is 17.3 Å². The van der Waals surface area contributed by atoms with E-state index in [2.05, 4.69) is 10.1 Å². The zero-order valence-corrected chi connectivity index (χ0v) is 14.7. The lowest BCUT2D eigenvalue weighted by Crippen LogP contribution is -2.31. The SMILES string of the molecule is Cc1ccc(C)c(S(=O)(=O)N2CCCC2c2nc(C3CC3)no2)c1. The van der Waals surface area contributed by atoms with Crippen LogP contribution in [0, 0.1) is 13.8 Å². The summed E-state index contributed by atoms with van der Waals surface area (Å²) in [6.07, 6.45) is 3.70. The Morgan fingerprint density at radius 3 is 2.75 bits per heavy atom. The average Bonchev–Trinajstić information content (AvgIpc) is 3.09. The number of aromatic nitrogens is 2. The predicted molar refractivity (Wildman–Crippen MR) is 88.1 cm³/mol. The molecule has 0 bridgehead atoms. The highest BCUT2D eigenvalue weighted by Gasteiger charge is 2.40. The second kappa shape index (κ2) is 5.67. The Morgan fingerprint density at radius 2 is 2.00 bits per heavy atom. The van der Waals surface area contributed by atoms with Gasteiger partial charge >= 0.3 is 0 Å². The van der Waals surface area contributed by atoms with Gasteiger partial charge in [-0.05, 0) is 56.7 Å². The molecule has 2 fully saturated rings. The molecule has 4 rings (SSSR count). The Balaban J connectivity index is 1.69. The number of sulfonamides is 1. The van der Waals surface area contributed by atoms with Gasteiger partial charge in [0.25, 0.3) is 0 Å². The molecule has 1 aromatic heterocycles. The van der Waals surface area contributed by atoms with Crippen molar-refractivity contribution in [1.82, 2.24) is 14.4 Å². The van der Waals surface area contributed by atoms with Gasteiger partial charge in [0.2, 0.25) is 15.9 Å². The van der Waals surface area contributed by atoms with Crippen molar-refractivity contribution < 1.29 is 12.9 Å². The van der Waals surface area contributed by atoms with Crippen molar-refractivity contribution in [3.63, 3.8) is 0 Å². The van der Waals surface area contributed by atoms with Crippen LogP contribution in [0.25, 0.3) is 0 Å². The van der Waals surface area contributed by atoms with E-state index < -0.39 is 10.0 Å². The van der Waals surface area contributed by atoms with Crippen LogP contribution >= 0.6 is 0 Å². The van der Waals surface area contributed by atoms with Crippen LogP contribution in [0.2, 0.25) is 0 Å². The van der Waals surface area contributed by atoms with E-state index >= 15 is 0 Å². The van der Waals surface area contributed by atoms with Crippen molar-refractivity contribution in [2.75, 3.05) is 6.54 Å². The van der Waals surface area contributed by atoms with Gasteiger partial charge in [0.15, 0.2) is 5.82 Å². The monoisotopic (exact) mass is 347 g/mol. The molecule has 0 N–H and O–H groups in total. The van der Waals surface area contributed by atoms with Crippen molar-refractivity contribution in [1.29, 1.82) is 0 Å². The summed E-state index contributed by atoms with van der Waals surface area (Å²) < 4.78 is 33.3. The third kappa shape index (κ3) is 2.65. The van der Waals surface area contributed by atoms with E-state index in [1.165, 1.54) is 4.31 Å². The maximum Gasteiger partial charge on any atom is 0.245 e. The number of hydrogen-bond donors (Lipinski definition) is 0. The highest BCUT2D eigenvalue weighted by molar-refractivity contribution is 7.89. The largest absolute Gasteiger partial charge is 0.338 e. The highest BCUT2D eigenvalue weighted by atomic mass is 32.2. The fourth-order valence-electron chi connectivity index (χ4n) is 3.28. The van der Waals surface area contributed by atoms with E-state index in [4.69, 9.17) is 4.52 Å². The van der Waals surface area contributed by atoms with Crippen molar-refractivity contribution in [3.8, 4) is 0 Å². The van der Waals surface area contributed by atoms with E-state index in [1.54, 1.807) is 6.07 Å². The Labute approximate surface area is 141 Å². The molecular formula is C17H21N3O3S. The zero-order valence-electron chi connectivity index (χ0n) is 13.9. The molecule has 1 unspecified atom stereocenters. The lowest BCUT2D eigenvalue weighted by atomic mass is 10.2. The van der Waals surface area contributed by atoms with E-state index in [0.717, 1.165) is 42.6 Å². The first-order valence-corrected chi connectivity index (χ1v) is 9.83. The molecule has 2 aliphatic rings. The molecule has 1 saturated heterocycles. The Hall–Kier alpha value is -1.73. The minimum absolute atomic E-state index is 0.352. The molecule has 1 atom stereocenters. The van der Waals surface area contributed by atoms with Gasteiger partial charge in [-0.15, -0.1) is 0 Å². The molecule has 24 heavy (non-hydrogen) atoms. The van der Waals surface area contributed by atoms with Crippen LogP contribution in [0.1, 0.15) is 60.5 Å². The van der Waals surface area contributed by atoms with Crippen molar-refractivity contribution in [2.45, 2.75) is 56.4 Å². The van der Waals surface area contributed by atoms with Crippen LogP contribution in [0.15, 0.2) is 27.6 Å². The molecule has 6 nitrogen and oxygen atoms in total. The molecule has 0 spiro atoms. The van der Waals surface area contributed by atoms with Gasteiger partial charge in [0.1, 0.15) is 6.04 Å². The minimum Gasteiger partial charge on any atom is -0.338 e. The number of aryl methyl sites for hydroxylation is 2. The normalized spacial score (nSPS) is 22.2. The van der Waals surface area contributed by atoms with Crippen LogP contribution in [0.5, 0.6) is 0 Å². The lowest BCUT2D eigenvalue weighted by Gasteiger charge is -2.22. The summed E-state index contributed by atoms with van der Waals surface area (Å²) in [5.41, 5.74) is 1.69. The minimum atomic E-state index is -3.58. The molecule has 128 valence electrons. The quantitative estimate of drug-likeness (QED) is 0.849. The summed E-state index contributed by atoms with van der Waals surface area (Å²) in [6, 6.07) is 5.17. The topological polar surface area (TPSA) is 76.3 Å². The zero-order chi connectivity index (χ0) is 16.9. The molecule has 1 aliphatic carbocycles. The molecule has 0 radical (unpaired) electrons. The van der Waals surface area contributed by atoms with Crippen molar-refractivity contribution in [3.05, 3.63) is 41.0 Å². The molecule has 7 heteroatoms. The van der Waals surface area contributed by atoms with Gasteiger partial charge < -0.3 is 4.52 Å². The van der Waals surface area contributed by atoms with Crippen LogP contribution in [-0.4, -0.2) is 29.4 Å². The number of hydrogen-bond acceptors (Lipinski definition) is 5. The van der Waals surface area contributed by atoms with Gasteiger partial charge in [0, 0.05) is 12.5 Å². The van der Waals surface area contributed by atoms with E-state index in [-0.39, 0.29) is 6.04 Å². The summed E-state index contributed by atoms with van der Waals surface area (Å²) in [7, 11) is -3.58. The average molecular weight is 347 g/mol. The maximum atomic E-state index is 13.2. The summed E-state index contributed by atoms with van der Waals surface area (Å²) in [5, 5.41) is 4.04. The second-order valence-electron chi connectivity index (χ2n) is 6.81. The predicted octanol–water partition coefficient (Wildman–Crippen LogP) is 3.09. The molecule has 2 aromatic rings. The third-order valence-electron chi connectivity index (χ3n) is 4.82. The van der Waals surface area contributed by atoms with E-state index in [9.17, 15) is 8.42 Å². The van der Waals surface area contributed by atoms with Crippen molar-refractivity contribution in [2.24, 2.45) is 0 Å². The first-order valence-electron chi connectivity index (χ1n) is 8.39. The lowest BCUT2D eigenvalue weighted by molar-refractivity contribution is 0.289. The standard InChI is InChI=1S/C17H21N3O3S/c1-11-5-6-12(2)15(10-11)24(21,22)20-9-3-4-14(20)17-18-16(19-23-17)13-7-8-13/h5-6,10,13-14H,3-4,7-9H2,1-2H3. The summed E-state index contributed by atoms with van der Waals surface area (Å²) in [5.74, 6) is 1.55. The molecule has 1 aliphatic heterocycles. The smallest absolute Gasteiger partial charge is 0.245 e. The van der Waals surface area contributed by atoms with Gasteiger partial charge in [0.05, 0.1) is 4.90 Å². The third-order valence-corrected chi connectivity index (χ3v) is 6.87. The Morgan fingerprint density at radius 1 is 1.21 bits per heavy atom. The van der Waals surface area contributed by atoms with Crippen LogP contribution < -0.4 is 0 Å². The van der Waals surface area contributed by atoms with Crippen molar-refractivity contribution >= 4 is 10.0 Å². The van der Waals surface area contributed by atoms with E-state index in [0.29, 0.717) is 23.2 Å². The van der Waals surface area contributed by atoms with Crippen LogP contribution in [-0.2, 0) is 10.0 Å². The number of rotatable bonds is 4. The van der Waals surface area contributed by atoms with Crippen LogP contribution in [0.3, 0.4) is 0 Å². The fraction of sp³-hybridized carbons (Fsp3) is 0.529. The Kier molecular flexibility index (Phi) is 3.73. The summed E-state index contributed by atoms with van der Waals surface area (Å²) >= 11 is 0. The van der Waals surface area contributed by atoms with Gasteiger partial charge in [-0.2, -0.15) is 9.29 Å². The maximum absolute atomic E-state index is 13.2. The molecular weight excluding hydrogens is 326 g/mol. The van der Waals surface area contributed by atoms with Gasteiger partial charge in [-0.3, -0.25) is 0 Å². The summed E-state index contributed by atoms with van der Waals surface area (Å²) in [4.78, 5) is 4.84. The van der Waals surface area contributed by atoms with Crippen LogP contribution in [0.4, 0.5) is 0 Å². The molecule has 1 saturated carbocycles. The Bertz CT molecular complexity index is 871. The first kappa shape index (κ1) is 15.8. The molecule has 0 amide bonds. The van der Waals surface area contributed by atoms with Gasteiger partial charge in [-0.25, -0.2) is 8.42 Å². The number of benzene rings is 1. The molecule has 1 aromatic carbocycles. The second-order valence-corrected chi connectivity index (χ2v) is 8.67. The first-order chi connectivity index (χ1) is 11.5. The summed E-state index contributed by atoms with van der Waals surface area (Å²) in [6.45, 7) is 4.22. The number of nitrogens with zero attached hydrogens (tertiary/aromatic N) is 3. The fourth-order valence-corrected chi connectivity index (χ4v) is 5.24. The highest BCUT2D eigenvalue weighted by Crippen LogP contribution is 2.41. The van der Waals surface area contributed by atoms with E-state index in [1.807, 2.05) is 26.0 Å².